The summed E-state index contributed by atoms with van der Waals surface area (Å²) in [5.74, 6) is 0.731. The Labute approximate surface area is 135 Å². The number of nitrogens with one attached hydrogen (secondary N) is 2. The monoisotopic (exact) mass is 303 g/mol. The third-order valence-corrected chi connectivity index (χ3v) is 3.50. The van der Waals surface area contributed by atoms with Gasteiger partial charge in [0, 0.05) is 18.7 Å². The first-order chi connectivity index (χ1) is 11.3. The number of nitrogens with zero attached hydrogens (tertiary/aromatic N) is 3. The summed E-state index contributed by atoms with van der Waals surface area (Å²) in [4.78, 5) is 9.44. The Balaban J connectivity index is 2.11. The van der Waals surface area contributed by atoms with Crippen LogP contribution in [0.4, 0.5) is 5.82 Å². The van der Waals surface area contributed by atoms with Gasteiger partial charge in [-0.2, -0.15) is 5.26 Å². The van der Waals surface area contributed by atoms with Crippen LogP contribution >= 0.6 is 0 Å². The van der Waals surface area contributed by atoms with Crippen molar-refractivity contribution in [3.63, 3.8) is 0 Å². The molecule has 0 unspecified atom stereocenters. The number of para-hydroxylation sites is 2. The van der Waals surface area contributed by atoms with Crippen molar-refractivity contribution >= 4 is 16.9 Å². The minimum Gasteiger partial charge on any atom is -0.367 e. The third kappa shape index (κ3) is 3.28. The number of fused-ring (bicyclic) bond motifs is 1. The van der Waals surface area contributed by atoms with Crippen LogP contribution in [0.25, 0.3) is 22.3 Å². The predicted molar refractivity (Wildman–Crippen MR) is 92.1 cm³/mol. The molecule has 1 aromatic heterocycles. The summed E-state index contributed by atoms with van der Waals surface area (Å²) in [5, 5.41) is 15.5. The largest absolute Gasteiger partial charge is 0.367 e. The highest BCUT2D eigenvalue weighted by Crippen LogP contribution is 2.27. The molecular formula is C18H17N5. The number of aromatic nitrogens is 2. The molecule has 3 aromatic rings. The van der Waals surface area contributed by atoms with Gasteiger partial charge in [-0.25, -0.2) is 9.97 Å². The maximum atomic E-state index is 9.11. The highest BCUT2D eigenvalue weighted by molar-refractivity contribution is 5.83. The Morgan fingerprint density at radius 1 is 1.00 bits per heavy atom. The van der Waals surface area contributed by atoms with E-state index in [0.29, 0.717) is 5.56 Å². The molecule has 5 nitrogen and oxygen atoms in total. The minimum absolute atomic E-state index is 0.610. The lowest BCUT2D eigenvalue weighted by Gasteiger charge is -2.12. The quantitative estimate of drug-likeness (QED) is 0.709. The SMILES string of the molecule is CNCCNc1nc2ccccc2nc1-c1cccc(C#N)c1. The van der Waals surface area contributed by atoms with Gasteiger partial charge in [-0.3, -0.25) is 0 Å². The molecule has 0 fully saturated rings. The number of hydrogen-bond acceptors (Lipinski definition) is 5. The molecule has 0 spiro atoms. The Bertz CT molecular complexity index is 867. The lowest BCUT2D eigenvalue weighted by atomic mass is 10.1. The van der Waals surface area contributed by atoms with E-state index in [1.165, 1.54) is 0 Å². The first kappa shape index (κ1) is 14.9. The van der Waals surface area contributed by atoms with Crippen LogP contribution in [-0.4, -0.2) is 30.1 Å². The van der Waals surface area contributed by atoms with Crippen molar-refractivity contribution in [2.24, 2.45) is 0 Å². The summed E-state index contributed by atoms with van der Waals surface area (Å²) in [6.45, 7) is 1.57. The smallest absolute Gasteiger partial charge is 0.153 e. The zero-order valence-electron chi connectivity index (χ0n) is 12.9. The van der Waals surface area contributed by atoms with Crippen LogP contribution in [0, 0.1) is 11.3 Å². The summed E-state index contributed by atoms with van der Waals surface area (Å²) in [7, 11) is 1.91. The molecule has 23 heavy (non-hydrogen) atoms. The normalized spacial score (nSPS) is 10.4. The summed E-state index contributed by atoms with van der Waals surface area (Å²) in [5.41, 5.74) is 3.94. The van der Waals surface area contributed by atoms with Gasteiger partial charge in [-0.05, 0) is 31.3 Å². The second-order valence-electron chi connectivity index (χ2n) is 5.13. The standard InChI is InChI=1S/C18H17N5/c1-20-9-10-21-18-17(14-6-4-5-13(11-14)12-19)22-15-7-2-3-8-16(15)23-18/h2-8,11,20H,9-10H2,1H3,(H,21,23). The van der Waals surface area contributed by atoms with E-state index in [1.54, 1.807) is 6.07 Å². The Morgan fingerprint density at radius 3 is 2.52 bits per heavy atom. The number of hydrogen-bond donors (Lipinski definition) is 2. The molecular weight excluding hydrogens is 286 g/mol. The van der Waals surface area contributed by atoms with Gasteiger partial charge in [-0.1, -0.05) is 24.3 Å². The second kappa shape index (κ2) is 6.86. The average Bonchev–Trinajstić information content (AvgIpc) is 2.61. The molecule has 0 aliphatic carbocycles. The number of likely N-dealkylation sites (N-methyl/N-ethyl adjacent to an activating group) is 1. The Morgan fingerprint density at radius 2 is 1.78 bits per heavy atom. The molecule has 0 saturated heterocycles. The summed E-state index contributed by atoms with van der Waals surface area (Å²) in [6, 6.07) is 17.4. The van der Waals surface area contributed by atoms with Gasteiger partial charge in [0.2, 0.25) is 0 Å². The van der Waals surface area contributed by atoms with E-state index in [-0.39, 0.29) is 0 Å². The van der Waals surface area contributed by atoms with E-state index in [4.69, 9.17) is 15.2 Å². The molecule has 0 aliphatic heterocycles. The van der Waals surface area contributed by atoms with Crippen LogP contribution in [0.2, 0.25) is 0 Å². The highest BCUT2D eigenvalue weighted by Gasteiger charge is 2.11. The van der Waals surface area contributed by atoms with Gasteiger partial charge in [0.1, 0.15) is 5.69 Å². The van der Waals surface area contributed by atoms with Crippen LogP contribution < -0.4 is 10.6 Å². The van der Waals surface area contributed by atoms with Gasteiger partial charge < -0.3 is 10.6 Å². The predicted octanol–water partition coefficient (Wildman–Crippen LogP) is 2.80. The van der Waals surface area contributed by atoms with Crippen molar-refractivity contribution in [3.8, 4) is 17.3 Å². The Hall–Kier alpha value is -2.97. The fraction of sp³-hybridized carbons (Fsp3) is 0.167. The molecule has 0 aliphatic rings. The van der Waals surface area contributed by atoms with Crippen LogP contribution in [0.3, 0.4) is 0 Å². The molecule has 1 heterocycles. The van der Waals surface area contributed by atoms with Crippen molar-refractivity contribution in [2.45, 2.75) is 0 Å². The number of anilines is 1. The first-order valence-electron chi connectivity index (χ1n) is 7.47. The fourth-order valence-corrected chi connectivity index (χ4v) is 2.37. The van der Waals surface area contributed by atoms with Gasteiger partial charge in [-0.15, -0.1) is 0 Å². The molecule has 5 heteroatoms. The van der Waals surface area contributed by atoms with Crippen molar-refractivity contribution < 1.29 is 0 Å². The third-order valence-electron chi connectivity index (χ3n) is 3.50. The lowest BCUT2D eigenvalue weighted by molar-refractivity contribution is 0.821. The molecule has 2 N–H and O–H groups in total. The Kier molecular flexibility index (Phi) is 4.46. The molecule has 0 radical (unpaired) electrons. The van der Waals surface area contributed by atoms with E-state index in [9.17, 15) is 0 Å². The van der Waals surface area contributed by atoms with Gasteiger partial charge in [0.15, 0.2) is 5.82 Å². The van der Waals surface area contributed by atoms with Gasteiger partial charge >= 0.3 is 0 Å². The zero-order chi connectivity index (χ0) is 16.1. The van der Waals surface area contributed by atoms with Crippen molar-refractivity contribution in [3.05, 3.63) is 54.1 Å². The van der Waals surface area contributed by atoms with E-state index >= 15 is 0 Å². The van der Waals surface area contributed by atoms with E-state index in [2.05, 4.69) is 16.7 Å². The van der Waals surface area contributed by atoms with Crippen LogP contribution in [-0.2, 0) is 0 Å². The second-order valence-corrected chi connectivity index (χ2v) is 5.13. The summed E-state index contributed by atoms with van der Waals surface area (Å²) >= 11 is 0. The van der Waals surface area contributed by atoms with E-state index in [1.807, 2.05) is 49.5 Å². The molecule has 0 amide bonds. The molecule has 2 aromatic carbocycles. The van der Waals surface area contributed by atoms with Crippen molar-refractivity contribution in [1.82, 2.24) is 15.3 Å². The van der Waals surface area contributed by atoms with Crippen molar-refractivity contribution in [1.29, 1.82) is 5.26 Å². The topological polar surface area (TPSA) is 73.6 Å². The summed E-state index contributed by atoms with van der Waals surface area (Å²) < 4.78 is 0. The number of benzene rings is 2. The molecule has 0 atom stereocenters. The van der Waals surface area contributed by atoms with Gasteiger partial charge in [0.25, 0.3) is 0 Å². The molecule has 0 bridgehead atoms. The minimum atomic E-state index is 0.610. The molecule has 114 valence electrons. The lowest BCUT2D eigenvalue weighted by Crippen LogP contribution is -2.18. The molecule has 3 rings (SSSR count). The van der Waals surface area contributed by atoms with Crippen LogP contribution in [0.5, 0.6) is 0 Å². The maximum Gasteiger partial charge on any atom is 0.153 e. The summed E-state index contributed by atoms with van der Waals surface area (Å²) in [6.07, 6.45) is 0. The van der Waals surface area contributed by atoms with E-state index < -0.39 is 0 Å². The highest BCUT2D eigenvalue weighted by atomic mass is 15.0. The molecule has 0 saturated carbocycles. The number of rotatable bonds is 5. The zero-order valence-corrected chi connectivity index (χ0v) is 12.9. The van der Waals surface area contributed by atoms with Crippen LogP contribution in [0.15, 0.2) is 48.5 Å². The average molecular weight is 303 g/mol. The maximum absolute atomic E-state index is 9.11. The van der Waals surface area contributed by atoms with Crippen LogP contribution in [0.1, 0.15) is 5.56 Å². The van der Waals surface area contributed by atoms with Gasteiger partial charge in [0.05, 0.1) is 22.7 Å². The number of nitriles is 1. The fourth-order valence-electron chi connectivity index (χ4n) is 2.37. The first-order valence-corrected chi connectivity index (χ1v) is 7.47. The van der Waals surface area contributed by atoms with E-state index in [0.717, 1.165) is 41.2 Å². The van der Waals surface area contributed by atoms with Crippen molar-refractivity contribution in [2.75, 3.05) is 25.5 Å².